The predicted molar refractivity (Wildman–Crippen MR) is 63.7 cm³/mol. The normalized spacial score (nSPS) is 15.3. The molecule has 0 bridgehead atoms. The van der Waals surface area contributed by atoms with Crippen molar-refractivity contribution in [2.24, 2.45) is 0 Å². The van der Waals surface area contributed by atoms with Gasteiger partial charge in [-0.25, -0.2) is 0 Å². The van der Waals surface area contributed by atoms with Crippen molar-refractivity contribution in [2.45, 2.75) is 19.8 Å². The monoisotopic (exact) mass is 231 g/mol. The molecule has 1 N–H and O–H groups in total. The molecule has 0 saturated carbocycles. The van der Waals surface area contributed by atoms with Gasteiger partial charge >= 0.3 is 0 Å². The molecule has 0 amide bonds. The summed E-state index contributed by atoms with van der Waals surface area (Å²) in [4.78, 5) is 0. The molecule has 0 atom stereocenters. The van der Waals surface area contributed by atoms with E-state index in [9.17, 15) is 0 Å². The fourth-order valence-corrected chi connectivity index (χ4v) is 2.11. The molecule has 0 saturated heterocycles. The van der Waals surface area contributed by atoms with Gasteiger partial charge in [-0.15, -0.1) is 12.4 Å². The van der Waals surface area contributed by atoms with Crippen molar-refractivity contribution >= 4 is 24.0 Å². The largest absolute Gasteiger partial charge is 0.316 e. The standard InChI is InChI=1S/C11H14ClN.ClH/c1-8-10-5-7-13-6-4-9(10)2-3-11(8)12;/h2-3,13H,4-7H2,1H3;1H. The molecule has 1 aromatic carbocycles. The fourth-order valence-electron chi connectivity index (χ4n) is 1.93. The smallest absolute Gasteiger partial charge is 0.0438 e. The summed E-state index contributed by atoms with van der Waals surface area (Å²) in [5, 5.41) is 4.30. The number of rotatable bonds is 0. The van der Waals surface area contributed by atoms with Crippen LogP contribution in [-0.4, -0.2) is 13.1 Å². The maximum atomic E-state index is 6.08. The first-order valence-corrected chi connectivity index (χ1v) is 5.14. The highest BCUT2D eigenvalue weighted by Crippen LogP contribution is 2.24. The molecule has 1 nitrogen and oxygen atoms in total. The Kier molecular flexibility index (Phi) is 4.24. The SMILES string of the molecule is Cc1c(Cl)ccc2c1CCNCC2.Cl. The van der Waals surface area contributed by atoms with Gasteiger partial charge in [0.25, 0.3) is 0 Å². The van der Waals surface area contributed by atoms with E-state index in [0.717, 1.165) is 31.0 Å². The van der Waals surface area contributed by atoms with Crippen molar-refractivity contribution in [1.82, 2.24) is 5.32 Å². The van der Waals surface area contributed by atoms with Gasteiger partial charge in [-0.05, 0) is 55.6 Å². The highest BCUT2D eigenvalue weighted by atomic mass is 35.5. The number of nitrogens with one attached hydrogen (secondary N) is 1. The van der Waals surface area contributed by atoms with Crippen LogP contribution in [0.25, 0.3) is 0 Å². The Balaban J connectivity index is 0.000000980. The van der Waals surface area contributed by atoms with E-state index in [-0.39, 0.29) is 12.4 Å². The molecular formula is C11H15Cl2N. The minimum atomic E-state index is 0. The van der Waals surface area contributed by atoms with Crippen LogP contribution in [-0.2, 0) is 12.8 Å². The van der Waals surface area contributed by atoms with Gasteiger partial charge in [-0.3, -0.25) is 0 Å². The van der Waals surface area contributed by atoms with Gasteiger partial charge in [-0.1, -0.05) is 17.7 Å². The summed E-state index contributed by atoms with van der Waals surface area (Å²) in [5.41, 5.74) is 4.19. The van der Waals surface area contributed by atoms with E-state index in [0.29, 0.717) is 0 Å². The van der Waals surface area contributed by atoms with Gasteiger partial charge in [0.05, 0.1) is 0 Å². The van der Waals surface area contributed by atoms with Crippen LogP contribution >= 0.6 is 24.0 Å². The number of benzene rings is 1. The third kappa shape index (κ3) is 2.22. The zero-order valence-electron chi connectivity index (χ0n) is 8.27. The lowest BCUT2D eigenvalue weighted by Crippen LogP contribution is -2.16. The van der Waals surface area contributed by atoms with Crippen LogP contribution < -0.4 is 5.32 Å². The minimum absolute atomic E-state index is 0. The average Bonchev–Trinajstić information content (AvgIpc) is 2.36. The third-order valence-corrected chi connectivity index (χ3v) is 3.16. The van der Waals surface area contributed by atoms with Crippen molar-refractivity contribution in [2.75, 3.05) is 13.1 Å². The first-order valence-electron chi connectivity index (χ1n) is 4.76. The maximum Gasteiger partial charge on any atom is 0.0438 e. The fraction of sp³-hybridized carbons (Fsp3) is 0.455. The van der Waals surface area contributed by atoms with Crippen LogP contribution in [0.3, 0.4) is 0 Å². The number of fused-ring (bicyclic) bond motifs is 1. The summed E-state index contributed by atoms with van der Waals surface area (Å²) in [6.07, 6.45) is 2.25. The van der Waals surface area contributed by atoms with Gasteiger partial charge in [0, 0.05) is 5.02 Å². The summed E-state index contributed by atoms with van der Waals surface area (Å²) in [6, 6.07) is 4.18. The van der Waals surface area contributed by atoms with Crippen molar-refractivity contribution in [3.05, 3.63) is 33.8 Å². The van der Waals surface area contributed by atoms with E-state index in [1.807, 2.05) is 6.07 Å². The van der Waals surface area contributed by atoms with Crippen LogP contribution in [0.2, 0.25) is 5.02 Å². The summed E-state index contributed by atoms with van der Waals surface area (Å²) < 4.78 is 0. The lowest BCUT2D eigenvalue weighted by atomic mass is 9.98. The Hall–Kier alpha value is -0.240. The number of hydrogen-bond acceptors (Lipinski definition) is 1. The molecule has 0 radical (unpaired) electrons. The van der Waals surface area contributed by atoms with E-state index < -0.39 is 0 Å². The topological polar surface area (TPSA) is 12.0 Å². The second-order valence-electron chi connectivity index (χ2n) is 3.56. The second-order valence-corrected chi connectivity index (χ2v) is 3.97. The Morgan fingerprint density at radius 3 is 2.71 bits per heavy atom. The van der Waals surface area contributed by atoms with Gasteiger partial charge in [0.2, 0.25) is 0 Å². The molecule has 0 aromatic heterocycles. The maximum absolute atomic E-state index is 6.08. The number of halogens is 2. The molecule has 14 heavy (non-hydrogen) atoms. The molecule has 0 unspecified atom stereocenters. The van der Waals surface area contributed by atoms with Gasteiger partial charge < -0.3 is 5.32 Å². The van der Waals surface area contributed by atoms with E-state index in [1.165, 1.54) is 16.7 Å². The van der Waals surface area contributed by atoms with Crippen LogP contribution in [0.5, 0.6) is 0 Å². The molecule has 1 aliphatic heterocycles. The summed E-state index contributed by atoms with van der Waals surface area (Å²) in [5.74, 6) is 0. The molecule has 0 fully saturated rings. The lowest BCUT2D eigenvalue weighted by Gasteiger charge is -2.09. The van der Waals surface area contributed by atoms with Crippen molar-refractivity contribution < 1.29 is 0 Å². The molecule has 78 valence electrons. The van der Waals surface area contributed by atoms with E-state index in [1.54, 1.807) is 0 Å². The lowest BCUT2D eigenvalue weighted by molar-refractivity contribution is 0.710. The van der Waals surface area contributed by atoms with Crippen LogP contribution in [0.1, 0.15) is 16.7 Å². The molecule has 0 spiro atoms. The van der Waals surface area contributed by atoms with Gasteiger partial charge in [-0.2, -0.15) is 0 Å². The average molecular weight is 232 g/mol. The minimum Gasteiger partial charge on any atom is -0.316 e. The molecule has 0 aliphatic carbocycles. The quantitative estimate of drug-likeness (QED) is 0.725. The van der Waals surface area contributed by atoms with E-state index in [4.69, 9.17) is 11.6 Å². The van der Waals surface area contributed by atoms with E-state index >= 15 is 0 Å². The van der Waals surface area contributed by atoms with Crippen molar-refractivity contribution in [3.8, 4) is 0 Å². The summed E-state index contributed by atoms with van der Waals surface area (Å²) in [7, 11) is 0. The first-order chi connectivity index (χ1) is 6.29. The van der Waals surface area contributed by atoms with Crippen LogP contribution in [0.4, 0.5) is 0 Å². The Labute approximate surface area is 96.3 Å². The predicted octanol–water partition coefficient (Wildman–Crippen LogP) is 2.76. The Bertz CT molecular complexity index is 323. The van der Waals surface area contributed by atoms with Crippen LogP contribution in [0.15, 0.2) is 12.1 Å². The molecule has 1 aromatic rings. The van der Waals surface area contributed by atoms with Gasteiger partial charge in [0.1, 0.15) is 0 Å². The third-order valence-electron chi connectivity index (χ3n) is 2.75. The summed E-state index contributed by atoms with van der Waals surface area (Å²) >= 11 is 6.08. The second kappa shape index (κ2) is 5.01. The molecule has 3 heteroatoms. The highest BCUT2D eigenvalue weighted by molar-refractivity contribution is 6.31. The zero-order valence-corrected chi connectivity index (χ0v) is 9.84. The van der Waals surface area contributed by atoms with Crippen LogP contribution in [0, 0.1) is 6.92 Å². The molecular weight excluding hydrogens is 217 g/mol. The first kappa shape index (κ1) is 11.8. The van der Waals surface area contributed by atoms with E-state index in [2.05, 4.69) is 18.3 Å². The van der Waals surface area contributed by atoms with Crippen molar-refractivity contribution in [3.63, 3.8) is 0 Å². The molecule has 2 rings (SSSR count). The number of hydrogen-bond donors (Lipinski definition) is 1. The van der Waals surface area contributed by atoms with Crippen molar-refractivity contribution in [1.29, 1.82) is 0 Å². The highest BCUT2D eigenvalue weighted by Gasteiger charge is 2.10. The molecule has 1 aliphatic rings. The zero-order chi connectivity index (χ0) is 9.26. The van der Waals surface area contributed by atoms with Gasteiger partial charge in [0.15, 0.2) is 0 Å². The Morgan fingerprint density at radius 1 is 1.21 bits per heavy atom. The summed E-state index contributed by atoms with van der Waals surface area (Å²) in [6.45, 7) is 4.29. The molecule has 1 heterocycles. The Morgan fingerprint density at radius 2 is 1.93 bits per heavy atom.